The van der Waals surface area contributed by atoms with Crippen molar-refractivity contribution in [2.24, 2.45) is 0 Å². The molecular formula is C12H14ClNO3S. The predicted molar refractivity (Wildman–Crippen MR) is 69.1 cm³/mol. The third-order valence-corrected chi connectivity index (χ3v) is 4.77. The maximum atomic E-state index is 12.3. The highest BCUT2D eigenvalue weighted by Crippen LogP contribution is 2.33. The molecule has 0 bridgehead atoms. The molecule has 2 aliphatic heterocycles. The van der Waals surface area contributed by atoms with Crippen molar-refractivity contribution in [2.75, 3.05) is 26.3 Å². The number of likely N-dealkylation sites (tertiary alicyclic amines) is 1. The molecule has 0 aromatic carbocycles. The van der Waals surface area contributed by atoms with Gasteiger partial charge in [-0.3, -0.25) is 4.79 Å². The summed E-state index contributed by atoms with van der Waals surface area (Å²) in [5.74, 6) is -0.418. The number of amides is 1. The summed E-state index contributed by atoms with van der Waals surface area (Å²) in [4.78, 5) is 14.7. The Kier molecular flexibility index (Phi) is 3.32. The fourth-order valence-corrected chi connectivity index (χ4v) is 3.53. The molecule has 1 amide bonds. The van der Waals surface area contributed by atoms with Gasteiger partial charge >= 0.3 is 0 Å². The number of halogens is 1. The number of ether oxygens (including phenoxy) is 2. The molecule has 2 aliphatic rings. The number of hydrogen-bond acceptors (Lipinski definition) is 4. The number of rotatable bonds is 1. The average molecular weight is 288 g/mol. The zero-order valence-electron chi connectivity index (χ0n) is 9.86. The lowest BCUT2D eigenvalue weighted by Gasteiger charge is -2.37. The Morgan fingerprint density at radius 3 is 2.56 bits per heavy atom. The van der Waals surface area contributed by atoms with Gasteiger partial charge in [0.1, 0.15) is 4.88 Å². The molecule has 1 spiro atoms. The second kappa shape index (κ2) is 4.81. The summed E-state index contributed by atoms with van der Waals surface area (Å²) in [6.07, 6.45) is 1.48. The molecule has 1 aromatic rings. The Hall–Kier alpha value is -0.620. The highest BCUT2D eigenvalue weighted by Gasteiger charge is 2.41. The number of nitrogens with zero attached hydrogens (tertiary/aromatic N) is 1. The van der Waals surface area contributed by atoms with Gasteiger partial charge in [0, 0.05) is 25.9 Å². The van der Waals surface area contributed by atoms with E-state index in [1.54, 1.807) is 6.07 Å². The van der Waals surface area contributed by atoms with Crippen molar-refractivity contribution in [3.8, 4) is 0 Å². The van der Waals surface area contributed by atoms with Crippen LogP contribution in [0.3, 0.4) is 0 Å². The predicted octanol–water partition coefficient (Wildman–Crippen LogP) is 2.38. The molecular weight excluding hydrogens is 274 g/mol. The normalized spacial score (nSPS) is 22.6. The molecule has 18 heavy (non-hydrogen) atoms. The van der Waals surface area contributed by atoms with Crippen molar-refractivity contribution in [1.82, 2.24) is 4.90 Å². The summed E-state index contributed by atoms with van der Waals surface area (Å²) in [5, 5.41) is 2.38. The van der Waals surface area contributed by atoms with Crippen molar-refractivity contribution in [2.45, 2.75) is 18.6 Å². The minimum Gasteiger partial charge on any atom is -0.347 e. The Balaban J connectivity index is 1.66. The minimum atomic E-state index is -0.434. The topological polar surface area (TPSA) is 38.8 Å². The molecule has 3 heterocycles. The summed E-state index contributed by atoms with van der Waals surface area (Å²) in [7, 11) is 0. The molecule has 2 saturated heterocycles. The van der Waals surface area contributed by atoms with Crippen molar-refractivity contribution in [3.63, 3.8) is 0 Å². The van der Waals surface area contributed by atoms with Gasteiger partial charge in [0.25, 0.3) is 5.91 Å². The first kappa shape index (κ1) is 12.4. The van der Waals surface area contributed by atoms with Gasteiger partial charge in [-0.25, -0.2) is 0 Å². The zero-order valence-corrected chi connectivity index (χ0v) is 11.4. The van der Waals surface area contributed by atoms with E-state index < -0.39 is 5.79 Å². The van der Waals surface area contributed by atoms with Gasteiger partial charge in [-0.15, -0.1) is 11.3 Å². The van der Waals surface area contributed by atoms with Gasteiger partial charge < -0.3 is 14.4 Å². The Labute approximate surface area is 114 Å². The van der Waals surface area contributed by atoms with Crippen LogP contribution in [0.4, 0.5) is 0 Å². The van der Waals surface area contributed by atoms with Crippen LogP contribution < -0.4 is 0 Å². The van der Waals surface area contributed by atoms with Crippen LogP contribution in [-0.4, -0.2) is 42.9 Å². The standard InChI is InChI=1S/C12H14ClNO3S/c13-9-1-8-18-10(9)11(15)14-4-2-12(3-5-14)16-6-7-17-12/h1,8H,2-7H2. The summed E-state index contributed by atoms with van der Waals surface area (Å²) < 4.78 is 11.3. The van der Waals surface area contributed by atoms with Crippen LogP contribution in [0.2, 0.25) is 5.02 Å². The van der Waals surface area contributed by atoms with Gasteiger partial charge in [0.2, 0.25) is 0 Å². The van der Waals surface area contributed by atoms with Crippen LogP contribution >= 0.6 is 22.9 Å². The van der Waals surface area contributed by atoms with Gasteiger partial charge in [-0.2, -0.15) is 0 Å². The van der Waals surface area contributed by atoms with Gasteiger partial charge in [0.05, 0.1) is 18.2 Å². The maximum Gasteiger partial charge on any atom is 0.265 e. The zero-order chi connectivity index (χ0) is 12.6. The first-order valence-corrected chi connectivity index (χ1v) is 7.26. The van der Waals surface area contributed by atoms with Crippen LogP contribution in [0.5, 0.6) is 0 Å². The molecule has 1 aromatic heterocycles. The number of thiophene rings is 1. The van der Waals surface area contributed by atoms with Crippen molar-refractivity contribution in [1.29, 1.82) is 0 Å². The maximum absolute atomic E-state index is 12.3. The first-order valence-electron chi connectivity index (χ1n) is 6.00. The van der Waals surface area contributed by atoms with Crippen molar-refractivity contribution >= 4 is 28.8 Å². The Morgan fingerprint density at radius 2 is 2.00 bits per heavy atom. The molecule has 4 nitrogen and oxygen atoms in total. The third-order valence-electron chi connectivity index (χ3n) is 3.44. The van der Waals surface area contributed by atoms with E-state index in [9.17, 15) is 4.79 Å². The lowest BCUT2D eigenvalue weighted by molar-refractivity contribution is -0.181. The van der Waals surface area contributed by atoms with E-state index in [2.05, 4.69) is 0 Å². The van der Waals surface area contributed by atoms with E-state index in [0.29, 0.717) is 36.2 Å². The van der Waals surface area contributed by atoms with E-state index in [0.717, 1.165) is 12.8 Å². The number of piperidine rings is 1. The van der Waals surface area contributed by atoms with Crippen LogP contribution in [0.1, 0.15) is 22.5 Å². The quantitative estimate of drug-likeness (QED) is 0.796. The first-order chi connectivity index (χ1) is 8.70. The Bertz CT molecular complexity index is 446. The van der Waals surface area contributed by atoms with Crippen LogP contribution in [-0.2, 0) is 9.47 Å². The summed E-state index contributed by atoms with van der Waals surface area (Å²) in [5.41, 5.74) is 0. The molecule has 0 N–H and O–H groups in total. The van der Waals surface area contributed by atoms with Crippen LogP contribution in [0, 0.1) is 0 Å². The molecule has 0 aliphatic carbocycles. The summed E-state index contributed by atoms with van der Waals surface area (Å²) in [6.45, 7) is 2.63. The summed E-state index contributed by atoms with van der Waals surface area (Å²) in [6, 6.07) is 1.76. The molecule has 2 fully saturated rings. The second-order valence-corrected chi connectivity index (χ2v) is 5.82. The van der Waals surface area contributed by atoms with E-state index in [-0.39, 0.29) is 5.91 Å². The highest BCUT2D eigenvalue weighted by molar-refractivity contribution is 7.12. The van der Waals surface area contributed by atoms with Gasteiger partial charge in [-0.05, 0) is 11.4 Å². The number of carbonyl (C=O) groups is 1. The van der Waals surface area contributed by atoms with Gasteiger partial charge in [0.15, 0.2) is 5.79 Å². The van der Waals surface area contributed by atoms with E-state index in [1.807, 2.05) is 10.3 Å². The monoisotopic (exact) mass is 287 g/mol. The second-order valence-electron chi connectivity index (χ2n) is 4.50. The fraction of sp³-hybridized carbons (Fsp3) is 0.583. The molecule has 98 valence electrons. The number of hydrogen-bond donors (Lipinski definition) is 0. The average Bonchev–Trinajstić information content (AvgIpc) is 2.99. The highest BCUT2D eigenvalue weighted by atomic mass is 35.5. The van der Waals surface area contributed by atoms with Crippen LogP contribution in [0.25, 0.3) is 0 Å². The summed E-state index contributed by atoms with van der Waals surface area (Å²) >= 11 is 7.38. The van der Waals surface area contributed by atoms with Crippen molar-refractivity contribution < 1.29 is 14.3 Å². The molecule has 6 heteroatoms. The Morgan fingerprint density at radius 1 is 1.33 bits per heavy atom. The van der Waals surface area contributed by atoms with Crippen molar-refractivity contribution in [3.05, 3.63) is 21.3 Å². The number of carbonyl (C=O) groups excluding carboxylic acids is 1. The molecule has 0 atom stereocenters. The molecule has 0 saturated carbocycles. The SMILES string of the molecule is O=C(c1sccc1Cl)N1CCC2(CC1)OCCO2. The smallest absolute Gasteiger partial charge is 0.265 e. The largest absolute Gasteiger partial charge is 0.347 e. The third kappa shape index (κ3) is 2.16. The molecule has 0 unspecified atom stereocenters. The van der Waals surface area contributed by atoms with E-state index in [1.165, 1.54) is 11.3 Å². The van der Waals surface area contributed by atoms with E-state index >= 15 is 0 Å². The lowest BCUT2D eigenvalue weighted by atomic mass is 10.0. The van der Waals surface area contributed by atoms with Crippen LogP contribution in [0.15, 0.2) is 11.4 Å². The van der Waals surface area contributed by atoms with Gasteiger partial charge in [-0.1, -0.05) is 11.6 Å². The minimum absolute atomic E-state index is 0.0165. The lowest BCUT2D eigenvalue weighted by Crippen LogP contribution is -2.47. The fourth-order valence-electron chi connectivity index (χ4n) is 2.43. The molecule has 0 radical (unpaired) electrons. The van der Waals surface area contributed by atoms with E-state index in [4.69, 9.17) is 21.1 Å². The molecule has 3 rings (SSSR count).